The van der Waals surface area contributed by atoms with Crippen LogP contribution in [0.15, 0.2) is 42.5 Å². The largest absolute Gasteiger partial charge is 0.482 e. The van der Waals surface area contributed by atoms with E-state index in [1.165, 1.54) is 0 Å². The van der Waals surface area contributed by atoms with E-state index in [1.807, 2.05) is 30.3 Å². The summed E-state index contributed by atoms with van der Waals surface area (Å²) in [6, 6.07) is 13.2. The number of hydrogen-bond acceptors (Lipinski definition) is 3. The van der Waals surface area contributed by atoms with E-state index >= 15 is 0 Å². The smallest absolute Gasteiger partial charge is 0.262 e. The van der Waals surface area contributed by atoms with Gasteiger partial charge in [0.2, 0.25) is 5.91 Å². The summed E-state index contributed by atoms with van der Waals surface area (Å²) < 4.78 is 5.32. The van der Waals surface area contributed by atoms with E-state index in [2.05, 4.69) is 24.5 Å². The maximum absolute atomic E-state index is 12.4. The summed E-state index contributed by atoms with van der Waals surface area (Å²) in [4.78, 5) is 23.7. The highest BCUT2D eigenvalue weighted by Gasteiger charge is 2.17. The summed E-state index contributed by atoms with van der Waals surface area (Å²) in [6.45, 7) is 4.22. The average molecular weight is 324 g/mol. The Bertz CT molecular complexity index is 784. The van der Waals surface area contributed by atoms with Crippen LogP contribution in [0.4, 0.5) is 11.4 Å². The first-order chi connectivity index (χ1) is 11.5. The van der Waals surface area contributed by atoms with Gasteiger partial charge in [-0.3, -0.25) is 9.59 Å². The van der Waals surface area contributed by atoms with Crippen molar-refractivity contribution in [1.29, 1.82) is 0 Å². The first-order valence-electron chi connectivity index (χ1n) is 7.97. The third kappa shape index (κ3) is 3.56. The van der Waals surface area contributed by atoms with Crippen molar-refractivity contribution < 1.29 is 14.3 Å². The molecule has 0 aromatic heterocycles. The molecule has 0 unspecified atom stereocenters. The Morgan fingerprint density at radius 1 is 1.25 bits per heavy atom. The van der Waals surface area contributed by atoms with Crippen LogP contribution in [0.5, 0.6) is 5.75 Å². The number of benzene rings is 2. The Morgan fingerprint density at radius 3 is 2.83 bits per heavy atom. The lowest BCUT2D eigenvalue weighted by Gasteiger charge is -2.18. The fourth-order valence-corrected chi connectivity index (χ4v) is 2.73. The molecule has 0 atom stereocenters. The van der Waals surface area contributed by atoms with E-state index < -0.39 is 0 Å². The molecule has 24 heavy (non-hydrogen) atoms. The van der Waals surface area contributed by atoms with Gasteiger partial charge in [-0.15, -0.1) is 0 Å². The first-order valence-corrected chi connectivity index (χ1v) is 7.97. The maximum Gasteiger partial charge on any atom is 0.262 e. The van der Waals surface area contributed by atoms with Gasteiger partial charge in [0.1, 0.15) is 5.75 Å². The number of ether oxygens (including phenoxy) is 1. The second-order valence-corrected chi connectivity index (χ2v) is 6.13. The van der Waals surface area contributed by atoms with Crippen molar-refractivity contribution in [3.8, 4) is 5.75 Å². The standard InChI is InChI=1S/C19H20N2O3/c1-12(2)14-5-3-4-6-15(14)20-18(22)10-13-7-8-17-16(9-13)21-19(23)11-24-17/h3-9,12H,10-11H2,1-2H3,(H,20,22)(H,21,23). The van der Waals surface area contributed by atoms with Crippen molar-refractivity contribution in [1.82, 2.24) is 0 Å². The van der Waals surface area contributed by atoms with Crippen molar-refractivity contribution in [3.63, 3.8) is 0 Å². The van der Waals surface area contributed by atoms with Gasteiger partial charge in [-0.05, 0) is 35.2 Å². The second-order valence-electron chi connectivity index (χ2n) is 6.13. The van der Waals surface area contributed by atoms with Crippen LogP contribution in [0.1, 0.15) is 30.9 Å². The third-order valence-electron chi connectivity index (χ3n) is 3.90. The molecule has 1 aliphatic rings. The van der Waals surface area contributed by atoms with Crippen LogP contribution >= 0.6 is 0 Å². The average Bonchev–Trinajstić information content (AvgIpc) is 2.54. The van der Waals surface area contributed by atoms with Crippen molar-refractivity contribution in [2.75, 3.05) is 17.2 Å². The van der Waals surface area contributed by atoms with Gasteiger partial charge in [0.05, 0.1) is 12.1 Å². The molecule has 0 fully saturated rings. The molecule has 0 spiro atoms. The van der Waals surface area contributed by atoms with E-state index in [0.717, 1.165) is 16.8 Å². The van der Waals surface area contributed by atoms with Crippen molar-refractivity contribution >= 4 is 23.2 Å². The zero-order valence-corrected chi connectivity index (χ0v) is 13.8. The van der Waals surface area contributed by atoms with Gasteiger partial charge in [0, 0.05) is 5.69 Å². The van der Waals surface area contributed by atoms with Crippen LogP contribution in [-0.4, -0.2) is 18.4 Å². The Kier molecular flexibility index (Phi) is 4.51. The molecule has 3 rings (SSSR count). The molecule has 0 bridgehead atoms. The van der Waals surface area contributed by atoms with E-state index in [-0.39, 0.29) is 24.8 Å². The van der Waals surface area contributed by atoms with Gasteiger partial charge in [-0.25, -0.2) is 0 Å². The third-order valence-corrected chi connectivity index (χ3v) is 3.90. The minimum Gasteiger partial charge on any atom is -0.482 e. The summed E-state index contributed by atoms with van der Waals surface area (Å²) >= 11 is 0. The monoisotopic (exact) mass is 324 g/mol. The van der Waals surface area contributed by atoms with Crippen LogP contribution in [-0.2, 0) is 16.0 Å². The predicted molar refractivity (Wildman–Crippen MR) is 93.4 cm³/mol. The molecule has 0 saturated heterocycles. The van der Waals surface area contributed by atoms with E-state index in [0.29, 0.717) is 17.4 Å². The zero-order valence-electron chi connectivity index (χ0n) is 13.8. The molecule has 2 amide bonds. The molecule has 0 saturated carbocycles. The van der Waals surface area contributed by atoms with Crippen LogP contribution in [0, 0.1) is 0 Å². The predicted octanol–water partition coefficient (Wildman–Crippen LogP) is 3.32. The van der Waals surface area contributed by atoms with Gasteiger partial charge in [-0.2, -0.15) is 0 Å². The van der Waals surface area contributed by atoms with E-state index in [4.69, 9.17) is 4.74 Å². The fourth-order valence-electron chi connectivity index (χ4n) is 2.73. The highest BCUT2D eigenvalue weighted by atomic mass is 16.5. The maximum atomic E-state index is 12.4. The summed E-state index contributed by atoms with van der Waals surface area (Å²) in [5.74, 6) is 0.683. The van der Waals surface area contributed by atoms with Gasteiger partial charge >= 0.3 is 0 Å². The lowest BCUT2D eigenvalue weighted by molar-refractivity contribution is -0.118. The quantitative estimate of drug-likeness (QED) is 0.906. The Hall–Kier alpha value is -2.82. The van der Waals surface area contributed by atoms with Crippen LogP contribution in [0.25, 0.3) is 0 Å². The molecule has 0 radical (unpaired) electrons. The van der Waals surface area contributed by atoms with Gasteiger partial charge in [-0.1, -0.05) is 38.1 Å². The number of fused-ring (bicyclic) bond motifs is 1. The molecule has 1 aliphatic heterocycles. The number of hydrogen-bond donors (Lipinski definition) is 2. The van der Waals surface area contributed by atoms with Crippen molar-refractivity contribution in [3.05, 3.63) is 53.6 Å². The number of nitrogens with one attached hydrogen (secondary N) is 2. The minimum atomic E-state index is -0.185. The van der Waals surface area contributed by atoms with Crippen LogP contribution < -0.4 is 15.4 Å². The van der Waals surface area contributed by atoms with E-state index in [1.54, 1.807) is 12.1 Å². The lowest BCUT2D eigenvalue weighted by Crippen LogP contribution is -2.25. The number of para-hydroxylation sites is 1. The topological polar surface area (TPSA) is 67.4 Å². The molecular formula is C19H20N2O3. The second kappa shape index (κ2) is 6.74. The highest BCUT2D eigenvalue weighted by molar-refractivity contribution is 5.96. The number of rotatable bonds is 4. The van der Waals surface area contributed by atoms with Gasteiger partial charge < -0.3 is 15.4 Å². The van der Waals surface area contributed by atoms with E-state index in [9.17, 15) is 9.59 Å². The van der Waals surface area contributed by atoms with Crippen molar-refractivity contribution in [2.24, 2.45) is 0 Å². The van der Waals surface area contributed by atoms with Crippen LogP contribution in [0.2, 0.25) is 0 Å². The normalized spacial score (nSPS) is 13.0. The first kappa shape index (κ1) is 16.1. The molecule has 5 nitrogen and oxygen atoms in total. The Balaban J connectivity index is 1.72. The summed E-state index contributed by atoms with van der Waals surface area (Å²) in [7, 11) is 0. The molecule has 2 N–H and O–H groups in total. The Labute approximate surface area is 141 Å². The number of carbonyl (C=O) groups is 2. The van der Waals surface area contributed by atoms with Gasteiger partial charge in [0.25, 0.3) is 5.91 Å². The number of anilines is 2. The van der Waals surface area contributed by atoms with Crippen LogP contribution in [0.3, 0.4) is 0 Å². The number of carbonyl (C=O) groups excluding carboxylic acids is 2. The minimum absolute atomic E-state index is 0.0266. The molecule has 124 valence electrons. The zero-order chi connectivity index (χ0) is 17.1. The lowest BCUT2D eigenvalue weighted by atomic mass is 10.0. The summed E-state index contributed by atoms with van der Waals surface area (Å²) in [5.41, 5.74) is 3.38. The fraction of sp³-hybridized carbons (Fsp3) is 0.263. The Morgan fingerprint density at radius 2 is 2.04 bits per heavy atom. The molecule has 1 heterocycles. The SMILES string of the molecule is CC(C)c1ccccc1NC(=O)Cc1ccc2c(c1)NC(=O)CO2. The van der Waals surface area contributed by atoms with Gasteiger partial charge in [0.15, 0.2) is 6.61 Å². The molecule has 2 aromatic carbocycles. The summed E-state index contributed by atoms with van der Waals surface area (Å²) in [5, 5.41) is 5.72. The molecular weight excluding hydrogens is 304 g/mol. The molecule has 0 aliphatic carbocycles. The summed E-state index contributed by atoms with van der Waals surface area (Å²) in [6.07, 6.45) is 0.232. The molecule has 5 heteroatoms. The highest BCUT2D eigenvalue weighted by Crippen LogP contribution is 2.29. The van der Waals surface area contributed by atoms with Crippen molar-refractivity contribution in [2.45, 2.75) is 26.2 Å². The number of amides is 2. The molecule has 2 aromatic rings.